The molecule has 3 aromatic carbocycles. The Kier molecular flexibility index (Phi) is 5.42. The van der Waals surface area contributed by atoms with Crippen molar-refractivity contribution in [2.75, 3.05) is 19.5 Å². The minimum atomic E-state index is 0.379. The maximum Gasteiger partial charge on any atom is 0.162 e. The molecule has 1 aromatic heterocycles. The molecule has 1 N–H and O–H groups in total. The summed E-state index contributed by atoms with van der Waals surface area (Å²) in [5, 5.41) is 4.28. The van der Waals surface area contributed by atoms with Crippen LogP contribution in [0.15, 0.2) is 73.1 Å². The molecule has 6 nitrogen and oxygen atoms in total. The van der Waals surface area contributed by atoms with E-state index in [-0.39, 0.29) is 0 Å². The summed E-state index contributed by atoms with van der Waals surface area (Å²) in [4.78, 5) is 8.66. The Morgan fingerprint density at radius 1 is 0.793 bits per heavy atom. The third-order valence-corrected chi connectivity index (χ3v) is 4.54. The Morgan fingerprint density at radius 3 is 2.45 bits per heavy atom. The largest absolute Gasteiger partial charge is 0.496 e. The standard InChI is InChI=1S/C23H21N3O3/c1-27-20-10-6-3-7-16(20)14-29-21-12-11-17(13-22(21)28-2)26-23-18-8-4-5-9-19(18)24-15-25-23/h3-13,15H,14H2,1-2H3,(H,24,25,26). The lowest BCUT2D eigenvalue weighted by Gasteiger charge is -2.14. The smallest absolute Gasteiger partial charge is 0.162 e. The van der Waals surface area contributed by atoms with E-state index in [9.17, 15) is 0 Å². The van der Waals surface area contributed by atoms with Crippen LogP contribution in [0.2, 0.25) is 0 Å². The molecule has 0 bridgehead atoms. The summed E-state index contributed by atoms with van der Waals surface area (Å²) in [7, 11) is 3.27. The number of anilines is 2. The number of para-hydroxylation sites is 2. The summed E-state index contributed by atoms with van der Waals surface area (Å²) in [6, 6.07) is 21.3. The summed E-state index contributed by atoms with van der Waals surface area (Å²) >= 11 is 0. The SMILES string of the molecule is COc1ccccc1COc1ccc(Nc2ncnc3ccccc23)cc1OC. The molecule has 0 spiro atoms. The van der Waals surface area contributed by atoms with Crippen molar-refractivity contribution in [2.24, 2.45) is 0 Å². The molecule has 0 fully saturated rings. The van der Waals surface area contributed by atoms with Crippen LogP contribution in [0, 0.1) is 0 Å². The lowest BCUT2D eigenvalue weighted by Crippen LogP contribution is -2.01. The zero-order chi connectivity index (χ0) is 20.1. The number of methoxy groups -OCH3 is 2. The second-order valence-corrected chi connectivity index (χ2v) is 6.33. The van der Waals surface area contributed by atoms with Crippen molar-refractivity contribution in [1.82, 2.24) is 9.97 Å². The molecule has 146 valence electrons. The second kappa shape index (κ2) is 8.48. The second-order valence-electron chi connectivity index (χ2n) is 6.33. The first kappa shape index (κ1) is 18.6. The third-order valence-electron chi connectivity index (χ3n) is 4.54. The molecule has 0 aliphatic heterocycles. The van der Waals surface area contributed by atoms with Crippen LogP contribution < -0.4 is 19.5 Å². The summed E-state index contributed by atoms with van der Waals surface area (Å²) < 4.78 is 16.9. The Hall–Kier alpha value is -3.80. The normalized spacial score (nSPS) is 10.6. The van der Waals surface area contributed by atoms with Gasteiger partial charge in [-0.2, -0.15) is 0 Å². The van der Waals surface area contributed by atoms with Crippen molar-refractivity contribution in [3.05, 3.63) is 78.6 Å². The van der Waals surface area contributed by atoms with Crippen LogP contribution >= 0.6 is 0 Å². The van der Waals surface area contributed by atoms with Crippen molar-refractivity contribution in [3.63, 3.8) is 0 Å². The predicted molar refractivity (Wildman–Crippen MR) is 113 cm³/mol. The highest BCUT2D eigenvalue weighted by molar-refractivity contribution is 5.90. The number of fused-ring (bicyclic) bond motifs is 1. The van der Waals surface area contributed by atoms with Gasteiger partial charge in [-0.1, -0.05) is 30.3 Å². The van der Waals surface area contributed by atoms with E-state index in [4.69, 9.17) is 14.2 Å². The van der Waals surface area contributed by atoms with Crippen molar-refractivity contribution in [1.29, 1.82) is 0 Å². The number of benzene rings is 3. The quantitative estimate of drug-likeness (QED) is 0.483. The van der Waals surface area contributed by atoms with Crippen LogP contribution in [0.1, 0.15) is 5.56 Å². The lowest BCUT2D eigenvalue weighted by molar-refractivity contribution is 0.278. The molecule has 0 saturated heterocycles. The van der Waals surface area contributed by atoms with E-state index in [1.165, 1.54) is 0 Å². The molecule has 0 atom stereocenters. The first-order chi connectivity index (χ1) is 14.3. The molecular formula is C23H21N3O3. The van der Waals surface area contributed by atoms with Gasteiger partial charge >= 0.3 is 0 Å². The summed E-state index contributed by atoms with van der Waals surface area (Å²) in [5.41, 5.74) is 2.69. The van der Waals surface area contributed by atoms with E-state index in [1.54, 1.807) is 20.5 Å². The van der Waals surface area contributed by atoms with Gasteiger partial charge in [-0.15, -0.1) is 0 Å². The number of nitrogens with one attached hydrogen (secondary N) is 1. The van der Waals surface area contributed by atoms with Crippen LogP contribution in [-0.2, 0) is 6.61 Å². The molecule has 4 rings (SSSR count). The van der Waals surface area contributed by atoms with Crippen molar-refractivity contribution in [2.45, 2.75) is 6.61 Å². The average Bonchev–Trinajstić information content (AvgIpc) is 2.78. The molecule has 1 heterocycles. The molecule has 0 aliphatic carbocycles. The molecule has 0 radical (unpaired) electrons. The molecular weight excluding hydrogens is 366 g/mol. The zero-order valence-corrected chi connectivity index (χ0v) is 16.3. The zero-order valence-electron chi connectivity index (χ0n) is 16.3. The summed E-state index contributed by atoms with van der Waals surface area (Å²) in [6.45, 7) is 0.379. The van der Waals surface area contributed by atoms with Gasteiger partial charge in [0.15, 0.2) is 11.5 Å². The first-order valence-electron chi connectivity index (χ1n) is 9.18. The highest BCUT2D eigenvalue weighted by Gasteiger charge is 2.10. The van der Waals surface area contributed by atoms with E-state index in [0.29, 0.717) is 18.1 Å². The van der Waals surface area contributed by atoms with Gasteiger partial charge in [-0.05, 0) is 30.3 Å². The van der Waals surface area contributed by atoms with E-state index < -0.39 is 0 Å². The van der Waals surface area contributed by atoms with E-state index >= 15 is 0 Å². The van der Waals surface area contributed by atoms with Crippen LogP contribution in [0.5, 0.6) is 17.2 Å². The predicted octanol–water partition coefficient (Wildman–Crippen LogP) is 4.97. The van der Waals surface area contributed by atoms with E-state index in [0.717, 1.165) is 33.7 Å². The van der Waals surface area contributed by atoms with Gasteiger partial charge in [0.25, 0.3) is 0 Å². The van der Waals surface area contributed by atoms with Crippen LogP contribution in [-0.4, -0.2) is 24.2 Å². The first-order valence-corrected chi connectivity index (χ1v) is 9.18. The Bertz CT molecular complexity index is 1130. The number of nitrogens with zero attached hydrogens (tertiary/aromatic N) is 2. The van der Waals surface area contributed by atoms with E-state index in [2.05, 4.69) is 15.3 Å². The monoisotopic (exact) mass is 387 g/mol. The molecule has 4 aromatic rings. The molecule has 0 saturated carbocycles. The number of aromatic nitrogens is 2. The van der Waals surface area contributed by atoms with E-state index in [1.807, 2.05) is 66.7 Å². The topological polar surface area (TPSA) is 65.5 Å². The van der Waals surface area contributed by atoms with Gasteiger partial charge in [0, 0.05) is 22.7 Å². The van der Waals surface area contributed by atoms with Crippen LogP contribution in [0.4, 0.5) is 11.5 Å². The fourth-order valence-corrected chi connectivity index (χ4v) is 3.08. The number of hydrogen-bond acceptors (Lipinski definition) is 6. The van der Waals surface area contributed by atoms with Gasteiger partial charge in [0.2, 0.25) is 0 Å². The van der Waals surface area contributed by atoms with Gasteiger partial charge in [0.1, 0.15) is 24.5 Å². The number of ether oxygens (including phenoxy) is 3. The van der Waals surface area contributed by atoms with Crippen molar-refractivity contribution < 1.29 is 14.2 Å². The molecule has 0 unspecified atom stereocenters. The van der Waals surface area contributed by atoms with Gasteiger partial charge in [-0.25, -0.2) is 9.97 Å². The molecule has 6 heteroatoms. The minimum Gasteiger partial charge on any atom is -0.496 e. The molecule has 0 aliphatic rings. The minimum absolute atomic E-state index is 0.379. The fourth-order valence-electron chi connectivity index (χ4n) is 3.08. The lowest BCUT2D eigenvalue weighted by atomic mass is 10.2. The van der Waals surface area contributed by atoms with Crippen molar-refractivity contribution >= 4 is 22.4 Å². The van der Waals surface area contributed by atoms with Gasteiger partial charge < -0.3 is 19.5 Å². The highest BCUT2D eigenvalue weighted by Crippen LogP contribution is 2.33. The van der Waals surface area contributed by atoms with Crippen LogP contribution in [0.25, 0.3) is 10.9 Å². The maximum atomic E-state index is 5.97. The third kappa shape index (κ3) is 4.06. The molecule has 0 amide bonds. The van der Waals surface area contributed by atoms with Crippen LogP contribution in [0.3, 0.4) is 0 Å². The average molecular weight is 387 g/mol. The van der Waals surface area contributed by atoms with Gasteiger partial charge in [-0.3, -0.25) is 0 Å². The maximum absolute atomic E-state index is 5.97. The van der Waals surface area contributed by atoms with Crippen molar-refractivity contribution in [3.8, 4) is 17.2 Å². The van der Waals surface area contributed by atoms with Gasteiger partial charge in [0.05, 0.1) is 19.7 Å². The fraction of sp³-hybridized carbons (Fsp3) is 0.130. The number of rotatable bonds is 7. The highest BCUT2D eigenvalue weighted by atomic mass is 16.5. The Balaban J connectivity index is 1.55. The summed E-state index contributed by atoms with van der Waals surface area (Å²) in [5.74, 6) is 2.81. The number of hydrogen-bond donors (Lipinski definition) is 1. The Morgan fingerprint density at radius 2 is 1.59 bits per heavy atom. The molecule has 29 heavy (non-hydrogen) atoms. The Labute approximate surface area is 169 Å². The summed E-state index contributed by atoms with van der Waals surface area (Å²) in [6.07, 6.45) is 1.55.